The van der Waals surface area contributed by atoms with Gasteiger partial charge in [0.25, 0.3) is 0 Å². The molecular weight excluding hydrogens is 134 g/mol. The molecule has 2 N–H and O–H groups in total. The van der Waals surface area contributed by atoms with Gasteiger partial charge < -0.3 is 5.73 Å². The van der Waals surface area contributed by atoms with E-state index in [2.05, 4.69) is 12.6 Å². The van der Waals surface area contributed by atoms with Gasteiger partial charge in [-0.15, -0.1) is 0 Å². The van der Waals surface area contributed by atoms with Gasteiger partial charge in [0.2, 0.25) is 0 Å². The average Bonchev–Trinajstić information content (AvgIpc) is 2.05. The van der Waals surface area contributed by atoms with E-state index in [1.54, 1.807) is 0 Å². The van der Waals surface area contributed by atoms with Gasteiger partial charge in [-0.3, -0.25) is 0 Å². The summed E-state index contributed by atoms with van der Waals surface area (Å²) in [5.41, 5.74) is 7.98. The number of hydrogen-bond donors (Lipinski definition) is 1. The molecule has 0 fully saturated rings. The molecule has 1 atom stereocenters. The third-order valence-corrected chi connectivity index (χ3v) is 1.67. The Morgan fingerprint density at radius 3 is 2.82 bits per heavy atom. The molecule has 1 heteroatoms. The van der Waals surface area contributed by atoms with Crippen molar-refractivity contribution in [1.82, 2.24) is 0 Å². The third-order valence-electron chi connectivity index (χ3n) is 1.67. The van der Waals surface area contributed by atoms with E-state index in [1.165, 1.54) is 0 Å². The van der Waals surface area contributed by atoms with Crippen LogP contribution in [0.25, 0.3) is 6.08 Å². The summed E-state index contributed by atoms with van der Waals surface area (Å²) in [7, 11) is 0. The maximum absolute atomic E-state index is 5.70. The molecule has 0 spiro atoms. The fourth-order valence-corrected chi connectivity index (χ4v) is 0.969. The van der Waals surface area contributed by atoms with E-state index in [1.807, 2.05) is 31.2 Å². The van der Waals surface area contributed by atoms with Gasteiger partial charge in [0.15, 0.2) is 0 Å². The summed E-state index contributed by atoms with van der Waals surface area (Å²) in [5, 5.41) is 0. The van der Waals surface area contributed by atoms with Crippen molar-refractivity contribution in [3.8, 4) is 0 Å². The molecule has 0 saturated heterocycles. The van der Waals surface area contributed by atoms with Crippen LogP contribution in [-0.4, -0.2) is 0 Å². The smallest absolute Gasteiger partial charge is 0.0266 e. The van der Waals surface area contributed by atoms with Gasteiger partial charge in [-0.1, -0.05) is 36.9 Å². The molecular formula is C10H13N. The maximum atomic E-state index is 5.70. The van der Waals surface area contributed by atoms with Crippen LogP contribution in [0.1, 0.15) is 24.1 Å². The number of hydrogen-bond acceptors (Lipinski definition) is 1. The zero-order chi connectivity index (χ0) is 8.27. The maximum Gasteiger partial charge on any atom is 0.0266 e. The van der Waals surface area contributed by atoms with Crippen molar-refractivity contribution in [2.75, 3.05) is 0 Å². The van der Waals surface area contributed by atoms with Crippen molar-refractivity contribution >= 4 is 6.08 Å². The van der Waals surface area contributed by atoms with Crippen molar-refractivity contribution < 1.29 is 0 Å². The van der Waals surface area contributed by atoms with Gasteiger partial charge in [-0.05, 0) is 18.1 Å². The van der Waals surface area contributed by atoms with Crippen LogP contribution in [0.2, 0.25) is 0 Å². The average molecular weight is 147 g/mol. The predicted molar refractivity (Wildman–Crippen MR) is 49.1 cm³/mol. The standard InChI is InChI=1S/C10H13N/c1-3-9-5-4-6-10(7-9)8(2)11/h3-8H,1,11H2,2H3. The van der Waals surface area contributed by atoms with Crippen LogP contribution in [-0.2, 0) is 0 Å². The lowest BCUT2D eigenvalue weighted by Gasteiger charge is -2.05. The van der Waals surface area contributed by atoms with Crippen molar-refractivity contribution in [2.24, 2.45) is 5.73 Å². The molecule has 1 aromatic rings. The topological polar surface area (TPSA) is 26.0 Å². The molecule has 0 amide bonds. The highest BCUT2D eigenvalue weighted by molar-refractivity contribution is 5.48. The molecule has 0 saturated carbocycles. The molecule has 0 aliphatic rings. The van der Waals surface area contributed by atoms with Gasteiger partial charge in [0, 0.05) is 6.04 Å². The minimum absolute atomic E-state index is 0.106. The summed E-state index contributed by atoms with van der Waals surface area (Å²) in [5.74, 6) is 0. The number of benzene rings is 1. The first-order valence-corrected chi connectivity index (χ1v) is 3.72. The molecule has 1 aromatic carbocycles. The number of rotatable bonds is 2. The monoisotopic (exact) mass is 147 g/mol. The highest BCUT2D eigenvalue weighted by atomic mass is 14.6. The Balaban J connectivity index is 3.00. The zero-order valence-corrected chi connectivity index (χ0v) is 6.75. The van der Waals surface area contributed by atoms with Crippen LogP contribution in [0.3, 0.4) is 0 Å². The van der Waals surface area contributed by atoms with Crippen molar-refractivity contribution in [1.29, 1.82) is 0 Å². The van der Waals surface area contributed by atoms with Gasteiger partial charge in [-0.2, -0.15) is 0 Å². The van der Waals surface area contributed by atoms with Crippen molar-refractivity contribution in [2.45, 2.75) is 13.0 Å². The van der Waals surface area contributed by atoms with Crippen molar-refractivity contribution in [3.63, 3.8) is 0 Å². The van der Waals surface area contributed by atoms with Crippen LogP contribution in [0.5, 0.6) is 0 Å². The Hall–Kier alpha value is -1.08. The lowest BCUT2D eigenvalue weighted by atomic mass is 10.1. The van der Waals surface area contributed by atoms with Crippen LogP contribution in [0, 0.1) is 0 Å². The summed E-state index contributed by atoms with van der Waals surface area (Å²) < 4.78 is 0. The molecule has 0 aliphatic carbocycles. The zero-order valence-electron chi connectivity index (χ0n) is 6.75. The van der Waals surface area contributed by atoms with Gasteiger partial charge >= 0.3 is 0 Å². The molecule has 0 bridgehead atoms. The van der Waals surface area contributed by atoms with E-state index in [9.17, 15) is 0 Å². The van der Waals surface area contributed by atoms with Crippen molar-refractivity contribution in [3.05, 3.63) is 42.0 Å². The normalized spacial score (nSPS) is 12.5. The van der Waals surface area contributed by atoms with Crippen LogP contribution < -0.4 is 5.73 Å². The molecule has 0 heterocycles. The Morgan fingerprint density at radius 1 is 1.55 bits per heavy atom. The van der Waals surface area contributed by atoms with Gasteiger partial charge in [0.05, 0.1) is 0 Å². The predicted octanol–water partition coefficient (Wildman–Crippen LogP) is 2.35. The van der Waals surface area contributed by atoms with E-state index >= 15 is 0 Å². The van der Waals surface area contributed by atoms with Crippen LogP contribution in [0.15, 0.2) is 30.8 Å². The second-order valence-electron chi connectivity index (χ2n) is 2.66. The first-order chi connectivity index (χ1) is 5.24. The van der Waals surface area contributed by atoms with Crippen LogP contribution >= 0.6 is 0 Å². The first kappa shape index (κ1) is 8.02. The third kappa shape index (κ3) is 1.92. The Labute approximate surface area is 67.5 Å². The molecule has 0 radical (unpaired) electrons. The Morgan fingerprint density at radius 2 is 2.27 bits per heavy atom. The highest BCUT2D eigenvalue weighted by Gasteiger charge is 1.97. The Bertz CT molecular complexity index is 251. The Kier molecular flexibility index (Phi) is 2.44. The lowest BCUT2D eigenvalue weighted by Crippen LogP contribution is -2.04. The summed E-state index contributed by atoms with van der Waals surface area (Å²) >= 11 is 0. The lowest BCUT2D eigenvalue weighted by molar-refractivity contribution is 0.818. The molecule has 1 rings (SSSR count). The second-order valence-corrected chi connectivity index (χ2v) is 2.66. The molecule has 0 aliphatic heterocycles. The van der Waals surface area contributed by atoms with Gasteiger partial charge in [0.1, 0.15) is 0 Å². The minimum Gasteiger partial charge on any atom is -0.324 e. The molecule has 11 heavy (non-hydrogen) atoms. The van der Waals surface area contributed by atoms with E-state index < -0.39 is 0 Å². The summed E-state index contributed by atoms with van der Waals surface area (Å²) in [6, 6.07) is 8.19. The highest BCUT2D eigenvalue weighted by Crippen LogP contribution is 2.11. The molecule has 0 aromatic heterocycles. The fraction of sp³-hybridized carbons (Fsp3) is 0.200. The first-order valence-electron chi connectivity index (χ1n) is 3.72. The largest absolute Gasteiger partial charge is 0.324 e. The van der Waals surface area contributed by atoms with Gasteiger partial charge in [-0.25, -0.2) is 0 Å². The minimum atomic E-state index is 0.106. The molecule has 1 nitrogen and oxygen atoms in total. The fourth-order valence-electron chi connectivity index (χ4n) is 0.969. The summed E-state index contributed by atoms with van der Waals surface area (Å²) in [6.07, 6.45) is 1.83. The molecule has 1 unspecified atom stereocenters. The molecule has 58 valence electrons. The SMILES string of the molecule is C=Cc1cccc(C(C)N)c1. The number of nitrogens with two attached hydrogens (primary N) is 1. The quantitative estimate of drug-likeness (QED) is 0.682. The second kappa shape index (κ2) is 3.35. The van der Waals surface area contributed by atoms with E-state index in [-0.39, 0.29) is 6.04 Å². The summed E-state index contributed by atoms with van der Waals surface area (Å²) in [6.45, 7) is 5.66. The van der Waals surface area contributed by atoms with Crippen LogP contribution in [0.4, 0.5) is 0 Å². The van der Waals surface area contributed by atoms with E-state index in [0.29, 0.717) is 0 Å². The van der Waals surface area contributed by atoms with E-state index in [0.717, 1.165) is 11.1 Å². The summed E-state index contributed by atoms with van der Waals surface area (Å²) in [4.78, 5) is 0. The van der Waals surface area contributed by atoms with E-state index in [4.69, 9.17) is 5.73 Å².